The van der Waals surface area contributed by atoms with Gasteiger partial charge in [0, 0.05) is 6.04 Å². The first kappa shape index (κ1) is 9.52. The molecular formula is C9H17NO2. The second-order valence-corrected chi connectivity index (χ2v) is 3.81. The summed E-state index contributed by atoms with van der Waals surface area (Å²) in [5.41, 5.74) is 5.75. The van der Waals surface area contributed by atoms with Crippen molar-refractivity contribution in [1.82, 2.24) is 0 Å². The van der Waals surface area contributed by atoms with Gasteiger partial charge in [-0.25, -0.2) is 0 Å². The molecule has 1 rings (SSSR count). The average molecular weight is 171 g/mol. The number of carbonyl (C=O) groups is 1. The molecule has 0 aromatic carbocycles. The number of aliphatic carboxylic acids is 1. The van der Waals surface area contributed by atoms with Gasteiger partial charge in [0.2, 0.25) is 0 Å². The lowest BCUT2D eigenvalue weighted by molar-refractivity contribution is -0.137. The largest absolute Gasteiger partial charge is 0.481 e. The fourth-order valence-corrected chi connectivity index (χ4v) is 1.70. The van der Waals surface area contributed by atoms with E-state index >= 15 is 0 Å². The lowest BCUT2D eigenvalue weighted by Gasteiger charge is -2.34. The van der Waals surface area contributed by atoms with Crippen molar-refractivity contribution in [1.29, 1.82) is 0 Å². The number of rotatable bonds is 4. The first-order valence-electron chi connectivity index (χ1n) is 4.58. The minimum atomic E-state index is -0.784. The number of hydrogen-bond acceptors (Lipinski definition) is 2. The highest BCUT2D eigenvalue weighted by Crippen LogP contribution is 2.34. The van der Waals surface area contributed by atoms with Crippen LogP contribution in [0.5, 0.6) is 0 Å². The summed E-state index contributed by atoms with van der Waals surface area (Å²) in [6.45, 7) is 2.07. The molecule has 0 amide bonds. The van der Waals surface area contributed by atoms with Crippen molar-refractivity contribution in [3.8, 4) is 0 Å². The molecule has 0 aromatic heterocycles. The van der Waals surface area contributed by atoms with Crippen molar-refractivity contribution in [2.24, 2.45) is 17.6 Å². The van der Waals surface area contributed by atoms with Crippen molar-refractivity contribution >= 4 is 5.97 Å². The molecule has 1 saturated carbocycles. The van der Waals surface area contributed by atoms with Crippen molar-refractivity contribution in [3.05, 3.63) is 0 Å². The molecule has 0 heterocycles. The molecule has 70 valence electrons. The summed E-state index contributed by atoms with van der Waals surface area (Å²) >= 11 is 0. The molecule has 0 bridgehead atoms. The van der Waals surface area contributed by atoms with Gasteiger partial charge in [0.1, 0.15) is 0 Å². The van der Waals surface area contributed by atoms with Crippen molar-refractivity contribution in [3.63, 3.8) is 0 Å². The Morgan fingerprint density at radius 2 is 2.25 bits per heavy atom. The van der Waals surface area contributed by atoms with E-state index in [1.807, 2.05) is 0 Å². The Hall–Kier alpha value is -0.570. The number of hydrogen-bond donors (Lipinski definition) is 2. The Morgan fingerprint density at radius 1 is 1.67 bits per heavy atom. The zero-order valence-electron chi connectivity index (χ0n) is 7.49. The van der Waals surface area contributed by atoms with Crippen molar-refractivity contribution in [2.45, 2.75) is 38.6 Å². The third-order valence-corrected chi connectivity index (χ3v) is 2.98. The maximum absolute atomic E-state index is 10.4. The third-order valence-electron chi connectivity index (χ3n) is 2.98. The van der Waals surface area contributed by atoms with E-state index in [0.29, 0.717) is 11.8 Å². The minimum absolute atomic E-state index is 0.109. The van der Waals surface area contributed by atoms with E-state index in [1.165, 1.54) is 19.3 Å². The lowest BCUT2D eigenvalue weighted by atomic mass is 9.73. The summed E-state index contributed by atoms with van der Waals surface area (Å²) in [5, 5.41) is 8.53. The molecule has 0 unspecified atom stereocenters. The summed E-state index contributed by atoms with van der Waals surface area (Å²) < 4.78 is 0. The molecule has 1 aliphatic rings. The molecule has 1 aliphatic carbocycles. The van der Waals surface area contributed by atoms with Crippen LogP contribution in [0.25, 0.3) is 0 Å². The summed E-state index contributed by atoms with van der Waals surface area (Å²) in [4.78, 5) is 10.4. The second-order valence-electron chi connectivity index (χ2n) is 3.81. The molecule has 0 aliphatic heterocycles. The third kappa shape index (κ3) is 2.21. The van der Waals surface area contributed by atoms with E-state index in [0.717, 1.165) is 0 Å². The Kier molecular flexibility index (Phi) is 3.09. The van der Waals surface area contributed by atoms with E-state index in [-0.39, 0.29) is 12.5 Å². The predicted molar refractivity (Wildman–Crippen MR) is 46.7 cm³/mol. The standard InChI is InChI=1S/C9H17NO2/c1-6(7-3-2-4-7)8(10)5-9(11)12/h6-8H,2-5,10H2,1H3,(H,11,12)/t6-,8-/m1/s1. The first-order valence-corrected chi connectivity index (χ1v) is 4.58. The molecule has 0 spiro atoms. The van der Waals surface area contributed by atoms with Crippen LogP contribution in [-0.4, -0.2) is 17.1 Å². The van der Waals surface area contributed by atoms with Crippen LogP contribution in [0.15, 0.2) is 0 Å². The summed E-state index contributed by atoms with van der Waals surface area (Å²) in [6.07, 6.45) is 3.86. The fourth-order valence-electron chi connectivity index (χ4n) is 1.70. The molecular weight excluding hydrogens is 154 g/mol. The molecule has 3 heteroatoms. The van der Waals surface area contributed by atoms with Gasteiger partial charge in [-0.3, -0.25) is 4.79 Å². The molecule has 0 saturated heterocycles. The molecule has 0 radical (unpaired) electrons. The van der Waals surface area contributed by atoms with E-state index < -0.39 is 5.97 Å². The lowest BCUT2D eigenvalue weighted by Crippen LogP contribution is -2.37. The first-order chi connectivity index (χ1) is 5.61. The van der Waals surface area contributed by atoms with Gasteiger partial charge in [0.25, 0.3) is 0 Å². The van der Waals surface area contributed by atoms with Crippen LogP contribution in [0.1, 0.15) is 32.6 Å². The van der Waals surface area contributed by atoms with Crippen LogP contribution in [-0.2, 0) is 4.79 Å². The number of carboxylic acid groups (broad SMARTS) is 1. The smallest absolute Gasteiger partial charge is 0.304 e. The van der Waals surface area contributed by atoms with E-state index in [1.54, 1.807) is 0 Å². The van der Waals surface area contributed by atoms with Crippen LogP contribution < -0.4 is 5.73 Å². The number of nitrogens with two attached hydrogens (primary N) is 1. The maximum Gasteiger partial charge on any atom is 0.304 e. The van der Waals surface area contributed by atoms with Gasteiger partial charge in [-0.1, -0.05) is 26.2 Å². The van der Waals surface area contributed by atoms with Crippen LogP contribution in [0.4, 0.5) is 0 Å². The molecule has 3 nitrogen and oxygen atoms in total. The van der Waals surface area contributed by atoms with Gasteiger partial charge >= 0.3 is 5.97 Å². The summed E-state index contributed by atoms with van der Waals surface area (Å²) in [6, 6.07) is -0.159. The Morgan fingerprint density at radius 3 is 2.58 bits per heavy atom. The van der Waals surface area contributed by atoms with Crippen molar-refractivity contribution in [2.75, 3.05) is 0 Å². The van der Waals surface area contributed by atoms with Crippen LogP contribution >= 0.6 is 0 Å². The summed E-state index contributed by atoms with van der Waals surface area (Å²) in [7, 11) is 0. The zero-order valence-corrected chi connectivity index (χ0v) is 7.49. The SMILES string of the molecule is C[C@H](C1CCC1)[C@H](N)CC(=O)O. The van der Waals surface area contributed by atoms with Crippen LogP contribution in [0, 0.1) is 11.8 Å². The summed E-state index contributed by atoms with van der Waals surface area (Å²) in [5.74, 6) is 0.267. The average Bonchev–Trinajstić information content (AvgIpc) is 1.81. The van der Waals surface area contributed by atoms with Gasteiger partial charge in [0.15, 0.2) is 0 Å². The van der Waals surface area contributed by atoms with Crippen LogP contribution in [0.2, 0.25) is 0 Å². The Labute approximate surface area is 72.9 Å². The minimum Gasteiger partial charge on any atom is -0.481 e. The highest BCUT2D eigenvalue weighted by Gasteiger charge is 2.28. The van der Waals surface area contributed by atoms with E-state index in [9.17, 15) is 4.79 Å². The predicted octanol–water partition coefficient (Wildman–Crippen LogP) is 1.22. The van der Waals surface area contributed by atoms with Gasteiger partial charge in [0.05, 0.1) is 6.42 Å². The van der Waals surface area contributed by atoms with Crippen LogP contribution in [0.3, 0.4) is 0 Å². The zero-order chi connectivity index (χ0) is 9.14. The molecule has 12 heavy (non-hydrogen) atoms. The second kappa shape index (κ2) is 3.90. The van der Waals surface area contributed by atoms with Crippen molar-refractivity contribution < 1.29 is 9.90 Å². The van der Waals surface area contributed by atoms with E-state index in [4.69, 9.17) is 10.8 Å². The van der Waals surface area contributed by atoms with E-state index in [2.05, 4.69) is 6.92 Å². The Bertz CT molecular complexity index is 166. The fraction of sp³-hybridized carbons (Fsp3) is 0.889. The topological polar surface area (TPSA) is 63.3 Å². The molecule has 1 fully saturated rings. The quantitative estimate of drug-likeness (QED) is 0.668. The van der Waals surface area contributed by atoms with Gasteiger partial charge in [-0.2, -0.15) is 0 Å². The molecule has 2 atom stereocenters. The van der Waals surface area contributed by atoms with Gasteiger partial charge in [-0.05, 0) is 11.8 Å². The molecule has 0 aromatic rings. The maximum atomic E-state index is 10.4. The molecule has 3 N–H and O–H groups in total. The highest BCUT2D eigenvalue weighted by atomic mass is 16.4. The Balaban J connectivity index is 2.29. The van der Waals surface area contributed by atoms with Gasteiger partial charge < -0.3 is 10.8 Å². The number of carboxylic acids is 1. The monoisotopic (exact) mass is 171 g/mol. The van der Waals surface area contributed by atoms with Gasteiger partial charge in [-0.15, -0.1) is 0 Å². The normalized spacial score (nSPS) is 22.8. The highest BCUT2D eigenvalue weighted by molar-refractivity contribution is 5.67.